The first kappa shape index (κ1) is 13.3. The number of hydrazine groups is 1. The molecule has 0 radical (unpaired) electrons. The fraction of sp³-hybridized carbons (Fsp3) is 0.286. The van der Waals surface area contributed by atoms with Crippen LogP contribution in [0, 0.1) is 6.92 Å². The Kier molecular flexibility index (Phi) is 4.30. The van der Waals surface area contributed by atoms with Crippen molar-refractivity contribution in [3.63, 3.8) is 0 Å². The van der Waals surface area contributed by atoms with Crippen LogP contribution in [0.1, 0.15) is 23.9 Å². The number of anilines is 2. The second-order valence-corrected chi connectivity index (χ2v) is 4.30. The normalized spacial score (nSPS) is 10.3. The van der Waals surface area contributed by atoms with Crippen molar-refractivity contribution in [3.8, 4) is 0 Å². The molecule has 5 heteroatoms. The third kappa shape index (κ3) is 3.20. The van der Waals surface area contributed by atoms with Crippen LogP contribution < -0.4 is 16.6 Å². The smallest absolute Gasteiger partial charge is 0.148 e. The summed E-state index contributed by atoms with van der Waals surface area (Å²) in [6.45, 7) is 4.69. The standard InChI is InChI=1S/C14H19N5/c1-3-12-17-13(10(2)14(18-12)19-15)16-9-11-7-5-4-6-8-11/h4-8H,3,9,15H2,1-2H3,(H2,16,17,18,19). The largest absolute Gasteiger partial charge is 0.366 e. The maximum Gasteiger partial charge on any atom is 0.148 e. The summed E-state index contributed by atoms with van der Waals surface area (Å²) in [5, 5.41) is 3.33. The molecule has 0 aliphatic carbocycles. The predicted octanol–water partition coefficient (Wildman–Crippen LogP) is 2.25. The van der Waals surface area contributed by atoms with Crippen molar-refractivity contribution in [3.05, 3.63) is 47.3 Å². The Morgan fingerprint density at radius 1 is 1.11 bits per heavy atom. The summed E-state index contributed by atoms with van der Waals surface area (Å²) in [7, 11) is 0. The molecule has 4 N–H and O–H groups in total. The number of rotatable bonds is 5. The minimum absolute atomic E-state index is 0.669. The quantitative estimate of drug-likeness (QED) is 0.566. The zero-order valence-electron chi connectivity index (χ0n) is 11.3. The topological polar surface area (TPSA) is 75.9 Å². The van der Waals surface area contributed by atoms with Crippen LogP contribution in [0.25, 0.3) is 0 Å². The Balaban J connectivity index is 2.19. The number of nitrogens with zero attached hydrogens (tertiary/aromatic N) is 2. The molecule has 1 aromatic heterocycles. The minimum atomic E-state index is 0.669. The first-order valence-electron chi connectivity index (χ1n) is 6.36. The van der Waals surface area contributed by atoms with Gasteiger partial charge >= 0.3 is 0 Å². The van der Waals surface area contributed by atoms with E-state index >= 15 is 0 Å². The maximum absolute atomic E-state index is 5.48. The van der Waals surface area contributed by atoms with Crippen molar-refractivity contribution < 1.29 is 0 Å². The number of nitrogens with two attached hydrogens (primary N) is 1. The first-order chi connectivity index (χ1) is 9.24. The predicted molar refractivity (Wildman–Crippen MR) is 77.7 cm³/mol. The highest BCUT2D eigenvalue weighted by Crippen LogP contribution is 2.20. The summed E-state index contributed by atoms with van der Waals surface area (Å²) in [5.74, 6) is 7.75. The van der Waals surface area contributed by atoms with Crippen molar-refractivity contribution in [2.45, 2.75) is 26.8 Å². The van der Waals surface area contributed by atoms with Crippen LogP contribution in [0.3, 0.4) is 0 Å². The van der Waals surface area contributed by atoms with Crippen molar-refractivity contribution in [2.75, 3.05) is 10.7 Å². The van der Waals surface area contributed by atoms with Gasteiger partial charge in [-0.3, -0.25) is 0 Å². The highest BCUT2D eigenvalue weighted by Gasteiger charge is 2.08. The molecule has 2 aromatic rings. The van der Waals surface area contributed by atoms with E-state index in [1.54, 1.807) is 0 Å². The van der Waals surface area contributed by atoms with Gasteiger partial charge in [-0.25, -0.2) is 15.8 Å². The van der Waals surface area contributed by atoms with E-state index in [1.165, 1.54) is 5.56 Å². The zero-order chi connectivity index (χ0) is 13.7. The molecule has 0 aliphatic rings. The molecule has 100 valence electrons. The Bertz CT molecular complexity index is 539. The number of hydrogen-bond donors (Lipinski definition) is 3. The van der Waals surface area contributed by atoms with E-state index in [4.69, 9.17) is 5.84 Å². The van der Waals surface area contributed by atoms with Gasteiger partial charge in [-0.2, -0.15) is 0 Å². The third-order valence-electron chi connectivity index (χ3n) is 2.95. The lowest BCUT2D eigenvalue weighted by Crippen LogP contribution is -2.14. The fourth-order valence-electron chi connectivity index (χ4n) is 1.82. The Labute approximate surface area is 113 Å². The van der Waals surface area contributed by atoms with E-state index in [-0.39, 0.29) is 0 Å². The molecule has 0 fully saturated rings. The molecule has 1 heterocycles. The van der Waals surface area contributed by atoms with E-state index in [9.17, 15) is 0 Å². The molecule has 0 unspecified atom stereocenters. The minimum Gasteiger partial charge on any atom is -0.366 e. The molecule has 0 saturated carbocycles. The van der Waals surface area contributed by atoms with Gasteiger partial charge in [0.2, 0.25) is 0 Å². The van der Waals surface area contributed by atoms with Gasteiger partial charge in [0.25, 0.3) is 0 Å². The Hall–Kier alpha value is -2.14. The monoisotopic (exact) mass is 257 g/mol. The van der Waals surface area contributed by atoms with E-state index in [2.05, 4.69) is 32.8 Å². The zero-order valence-corrected chi connectivity index (χ0v) is 11.3. The summed E-state index contributed by atoms with van der Waals surface area (Å²) in [6, 6.07) is 10.2. The molecular weight excluding hydrogens is 238 g/mol. The van der Waals surface area contributed by atoms with E-state index in [0.717, 1.165) is 30.2 Å². The average Bonchev–Trinajstić information content (AvgIpc) is 2.47. The van der Waals surface area contributed by atoms with Gasteiger partial charge in [0.1, 0.15) is 17.5 Å². The highest BCUT2D eigenvalue weighted by molar-refractivity contribution is 5.56. The van der Waals surface area contributed by atoms with Gasteiger partial charge in [-0.05, 0) is 12.5 Å². The van der Waals surface area contributed by atoms with Crippen LogP contribution in [-0.4, -0.2) is 9.97 Å². The molecule has 0 bridgehead atoms. The van der Waals surface area contributed by atoms with Crippen molar-refractivity contribution in [1.82, 2.24) is 9.97 Å². The summed E-state index contributed by atoms with van der Waals surface area (Å²) in [4.78, 5) is 8.83. The number of hydrogen-bond acceptors (Lipinski definition) is 5. The molecule has 0 saturated heterocycles. The van der Waals surface area contributed by atoms with Gasteiger partial charge in [-0.15, -0.1) is 0 Å². The molecule has 0 aliphatic heterocycles. The van der Waals surface area contributed by atoms with Gasteiger partial charge in [-0.1, -0.05) is 37.3 Å². The maximum atomic E-state index is 5.48. The second-order valence-electron chi connectivity index (χ2n) is 4.30. The number of aromatic nitrogens is 2. The summed E-state index contributed by atoms with van der Waals surface area (Å²) in [5.41, 5.74) is 4.75. The lowest BCUT2D eigenvalue weighted by atomic mass is 10.2. The molecule has 1 aromatic carbocycles. The van der Waals surface area contributed by atoms with Crippen LogP contribution in [0.4, 0.5) is 11.6 Å². The van der Waals surface area contributed by atoms with Crippen molar-refractivity contribution >= 4 is 11.6 Å². The SMILES string of the molecule is CCc1nc(NN)c(C)c(NCc2ccccc2)n1. The summed E-state index contributed by atoms with van der Waals surface area (Å²) < 4.78 is 0. The molecule has 2 rings (SSSR count). The highest BCUT2D eigenvalue weighted by atomic mass is 15.3. The first-order valence-corrected chi connectivity index (χ1v) is 6.36. The van der Waals surface area contributed by atoms with Gasteiger partial charge in [0.05, 0.1) is 0 Å². The lowest BCUT2D eigenvalue weighted by molar-refractivity contribution is 0.921. The van der Waals surface area contributed by atoms with Gasteiger partial charge in [0, 0.05) is 18.5 Å². The lowest BCUT2D eigenvalue weighted by Gasteiger charge is -2.13. The van der Waals surface area contributed by atoms with Crippen LogP contribution in [-0.2, 0) is 13.0 Å². The summed E-state index contributed by atoms with van der Waals surface area (Å²) >= 11 is 0. The number of benzene rings is 1. The second kappa shape index (κ2) is 6.15. The summed E-state index contributed by atoms with van der Waals surface area (Å²) in [6.07, 6.45) is 0.773. The molecule has 5 nitrogen and oxygen atoms in total. The van der Waals surface area contributed by atoms with E-state index in [1.807, 2.05) is 32.0 Å². The Morgan fingerprint density at radius 3 is 2.42 bits per heavy atom. The molecule has 19 heavy (non-hydrogen) atoms. The van der Waals surface area contributed by atoms with Crippen LogP contribution in [0.5, 0.6) is 0 Å². The van der Waals surface area contributed by atoms with Gasteiger partial charge in [0.15, 0.2) is 0 Å². The molecule has 0 spiro atoms. The van der Waals surface area contributed by atoms with Crippen LogP contribution in [0.15, 0.2) is 30.3 Å². The number of aryl methyl sites for hydroxylation is 1. The molecule has 0 atom stereocenters. The van der Waals surface area contributed by atoms with Crippen LogP contribution >= 0.6 is 0 Å². The number of nitrogen functional groups attached to an aromatic ring is 1. The molecular formula is C14H19N5. The van der Waals surface area contributed by atoms with Gasteiger partial charge < -0.3 is 10.7 Å². The number of nitrogens with one attached hydrogen (secondary N) is 2. The van der Waals surface area contributed by atoms with E-state index in [0.29, 0.717) is 5.82 Å². The van der Waals surface area contributed by atoms with E-state index < -0.39 is 0 Å². The van der Waals surface area contributed by atoms with Crippen molar-refractivity contribution in [1.29, 1.82) is 0 Å². The average molecular weight is 257 g/mol. The Morgan fingerprint density at radius 2 is 1.79 bits per heavy atom. The van der Waals surface area contributed by atoms with Crippen LogP contribution in [0.2, 0.25) is 0 Å². The third-order valence-corrected chi connectivity index (χ3v) is 2.95. The van der Waals surface area contributed by atoms with Crippen molar-refractivity contribution in [2.24, 2.45) is 5.84 Å². The fourth-order valence-corrected chi connectivity index (χ4v) is 1.82. The molecule has 0 amide bonds.